The van der Waals surface area contributed by atoms with Gasteiger partial charge in [-0.3, -0.25) is 9.69 Å². The third-order valence-corrected chi connectivity index (χ3v) is 3.92. The highest BCUT2D eigenvalue weighted by Gasteiger charge is 2.22. The number of carbonyl (C=O) groups excluding carboxylic acids is 1. The lowest BCUT2D eigenvalue weighted by Crippen LogP contribution is -2.38. The number of aryl methyl sites for hydroxylation is 1. The lowest BCUT2D eigenvalue weighted by Gasteiger charge is -2.25. The summed E-state index contributed by atoms with van der Waals surface area (Å²) in [6.45, 7) is 7.60. The molecule has 1 atom stereocenters. The van der Waals surface area contributed by atoms with Crippen LogP contribution in [0.2, 0.25) is 0 Å². The molecule has 3 nitrogen and oxygen atoms in total. The second kappa shape index (κ2) is 7.23. The predicted octanol–water partition coefficient (Wildman–Crippen LogP) is 3.94. The van der Waals surface area contributed by atoms with Crippen LogP contribution in [0.25, 0.3) is 0 Å². The van der Waals surface area contributed by atoms with Crippen LogP contribution in [-0.4, -0.2) is 23.3 Å². The molecule has 0 saturated carbocycles. The number of hydrogen-bond donors (Lipinski definition) is 0. The summed E-state index contributed by atoms with van der Waals surface area (Å²) in [5.74, 6) is 1.05. The molecule has 0 fully saturated rings. The third kappa shape index (κ3) is 3.82. The van der Waals surface area contributed by atoms with Gasteiger partial charge in [-0.15, -0.1) is 0 Å². The first kappa shape index (κ1) is 15.5. The van der Waals surface area contributed by atoms with Gasteiger partial charge in [-0.05, 0) is 37.6 Å². The Labute approximate surface area is 126 Å². The molecule has 0 saturated heterocycles. The quantitative estimate of drug-likeness (QED) is 0.723. The minimum Gasteiger partial charge on any atom is -0.468 e. The number of furan rings is 1. The van der Waals surface area contributed by atoms with Crippen LogP contribution in [0.3, 0.4) is 0 Å². The molecule has 1 aromatic heterocycles. The zero-order chi connectivity index (χ0) is 15.2. The maximum atomic E-state index is 12.6. The molecule has 0 radical (unpaired) electrons. The highest BCUT2D eigenvalue weighted by Crippen LogP contribution is 2.14. The van der Waals surface area contributed by atoms with Gasteiger partial charge < -0.3 is 4.42 Å². The second-order valence-electron chi connectivity index (χ2n) is 5.23. The average molecular weight is 285 g/mol. The third-order valence-electron chi connectivity index (χ3n) is 3.92. The van der Waals surface area contributed by atoms with Crippen molar-refractivity contribution in [2.45, 2.75) is 39.8 Å². The fraction of sp³-hybridized carbons (Fsp3) is 0.389. The van der Waals surface area contributed by atoms with Crippen molar-refractivity contribution in [1.82, 2.24) is 4.90 Å². The monoisotopic (exact) mass is 285 g/mol. The molecule has 2 aromatic rings. The van der Waals surface area contributed by atoms with Crippen molar-refractivity contribution in [2.75, 3.05) is 6.54 Å². The van der Waals surface area contributed by atoms with Crippen molar-refractivity contribution in [3.05, 3.63) is 59.5 Å². The van der Waals surface area contributed by atoms with Crippen LogP contribution in [0.1, 0.15) is 42.5 Å². The van der Waals surface area contributed by atoms with Crippen LogP contribution in [0.4, 0.5) is 0 Å². The van der Waals surface area contributed by atoms with E-state index in [4.69, 9.17) is 4.42 Å². The van der Waals surface area contributed by atoms with Crippen molar-refractivity contribution in [3.8, 4) is 0 Å². The van der Waals surface area contributed by atoms with E-state index in [9.17, 15) is 4.79 Å². The number of rotatable bonds is 7. The number of likely N-dealkylation sites (N-methyl/N-ethyl adjacent to an activating group) is 1. The standard InChI is InChI=1S/C18H23NO2/c1-4-15-8-10-16(11-9-15)18(20)14(3)19(5-2)13-17-7-6-12-21-17/h6-12,14H,4-5,13H2,1-3H3. The summed E-state index contributed by atoms with van der Waals surface area (Å²) >= 11 is 0. The molecule has 0 aliphatic heterocycles. The Hall–Kier alpha value is -1.87. The van der Waals surface area contributed by atoms with Crippen molar-refractivity contribution >= 4 is 5.78 Å². The van der Waals surface area contributed by atoms with Crippen molar-refractivity contribution < 1.29 is 9.21 Å². The van der Waals surface area contributed by atoms with Crippen LogP contribution in [0.15, 0.2) is 47.1 Å². The first-order chi connectivity index (χ1) is 10.2. The summed E-state index contributed by atoms with van der Waals surface area (Å²) in [4.78, 5) is 14.7. The molecule has 1 unspecified atom stereocenters. The first-order valence-corrected chi connectivity index (χ1v) is 7.55. The van der Waals surface area contributed by atoms with E-state index >= 15 is 0 Å². The van der Waals surface area contributed by atoms with Crippen molar-refractivity contribution in [3.63, 3.8) is 0 Å². The number of nitrogens with zero attached hydrogens (tertiary/aromatic N) is 1. The van der Waals surface area contributed by atoms with Crippen molar-refractivity contribution in [1.29, 1.82) is 0 Å². The minimum atomic E-state index is -0.160. The largest absolute Gasteiger partial charge is 0.468 e. The highest BCUT2D eigenvalue weighted by atomic mass is 16.3. The summed E-state index contributed by atoms with van der Waals surface area (Å²) in [7, 11) is 0. The zero-order valence-corrected chi connectivity index (χ0v) is 13.0. The summed E-state index contributed by atoms with van der Waals surface area (Å²) in [6, 6.07) is 11.6. The Bertz CT molecular complexity index is 557. The van der Waals surface area contributed by atoms with Gasteiger partial charge in [-0.1, -0.05) is 38.1 Å². The summed E-state index contributed by atoms with van der Waals surface area (Å²) in [6.07, 6.45) is 2.66. The molecule has 1 heterocycles. The average Bonchev–Trinajstić information content (AvgIpc) is 3.04. The van der Waals surface area contributed by atoms with Crippen LogP contribution < -0.4 is 0 Å². The lowest BCUT2D eigenvalue weighted by atomic mass is 10.0. The molecule has 21 heavy (non-hydrogen) atoms. The molecule has 0 N–H and O–H groups in total. The van der Waals surface area contributed by atoms with E-state index in [2.05, 4.69) is 18.7 Å². The molecule has 3 heteroatoms. The van der Waals surface area contributed by atoms with Gasteiger partial charge in [0.15, 0.2) is 5.78 Å². The fourth-order valence-corrected chi connectivity index (χ4v) is 2.44. The maximum Gasteiger partial charge on any atom is 0.179 e. The molecule has 0 amide bonds. The van der Waals surface area contributed by atoms with Gasteiger partial charge in [0.05, 0.1) is 18.8 Å². The van der Waals surface area contributed by atoms with E-state index in [0.29, 0.717) is 6.54 Å². The Morgan fingerprint density at radius 3 is 2.43 bits per heavy atom. The van der Waals surface area contributed by atoms with Crippen LogP contribution >= 0.6 is 0 Å². The Balaban J connectivity index is 2.08. The number of Topliss-reactive ketones (excluding diaryl/α,β-unsaturated/α-hetero) is 1. The molecule has 0 aliphatic rings. The molecule has 0 spiro atoms. The predicted molar refractivity (Wildman–Crippen MR) is 84.4 cm³/mol. The molecule has 112 valence electrons. The Morgan fingerprint density at radius 1 is 1.19 bits per heavy atom. The normalized spacial score (nSPS) is 12.6. The highest BCUT2D eigenvalue weighted by molar-refractivity contribution is 5.99. The van der Waals surface area contributed by atoms with Gasteiger partial charge in [0.1, 0.15) is 5.76 Å². The number of carbonyl (C=O) groups is 1. The summed E-state index contributed by atoms with van der Waals surface area (Å²) in [5, 5.41) is 0. The minimum absolute atomic E-state index is 0.158. The van der Waals surface area contributed by atoms with Gasteiger partial charge in [0.2, 0.25) is 0 Å². The molecular formula is C18H23NO2. The van der Waals surface area contributed by atoms with E-state index in [-0.39, 0.29) is 11.8 Å². The molecule has 0 bridgehead atoms. The van der Waals surface area contributed by atoms with Gasteiger partial charge in [-0.2, -0.15) is 0 Å². The second-order valence-corrected chi connectivity index (χ2v) is 5.23. The van der Waals surface area contributed by atoms with Crippen LogP contribution in [0, 0.1) is 0 Å². The van der Waals surface area contributed by atoms with Crippen molar-refractivity contribution in [2.24, 2.45) is 0 Å². The zero-order valence-electron chi connectivity index (χ0n) is 13.0. The SMILES string of the molecule is CCc1ccc(C(=O)C(C)N(CC)Cc2ccco2)cc1. The Morgan fingerprint density at radius 2 is 1.90 bits per heavy atom. The number of hydrogen-bond acceptors (Lipinski definition) is 3. The smallest absolute Gasteiger partial charge is 0.179 e. The molecule has 2 rings (SSSR count). The first-order valence-electron chi connectivity index (χ1n) is 7.55. The van der Waals surface area contributed by atoms with E-state index in [1.807, 2.05) is 43.3 Å². The topological polar surface area (TPSA) is 33.5 Å². The maximum absolute atomic E-state index is 12.6. The van der Waals surface area contributed by atoms with Crippen LogP contribution in [-0.2, 0) is 13.0 Å². The molecule has 0 aliphatic carbocycles. The van der Waals surface area contributed by atoms with E-state index in [1.54, 1.807) is 6.26 Å². The van der Waals surface area contributed by atoms with E-state index < -0.39 is 0 Å². The number of ketones is 1. The van der Waals surface area contributed by atoms with Gasteiger partial charge in [-0.25, -0.2) is 0 Å². The van der Waals surface area contributed by atoms with Gasteiger partial charge >= 0.3 is 0 Å². The fourth-order valence-electron chi connectivity index (χ4n) is 2.44. The van der Waals surface area contributed by atoms with E-state index in [1.165, 1.54) is 5.56 Å². The van der Waals surface area contributed by atoms with Gasteiger partial charge in [0, 0.05) is 5.56 Å². The van der Waals surface area contributed by atoms with Gasteiger partial charge in [0.25, 0.3) is 0 Å². The number of benzene rings is 1. The van der Waals surface area contributed by atoms with E-state index in [0.717, 1.165) is 24.3 Å². The molecular weight excluding hydrogens is 262 g/mol. The summed E-state index contributed by atoms with van der Waals surface area (Å²) < 4.78 is 5.38. The molecule has 1 aromatic carbocycles. The Kier molecular flexibility index (Phi) is 5.34. The lowest BCUT2D eigenvalue weighted by molar-refractivity contribution is 0.0826. The van der Waals surface area contributed by atoms with Crippen LogP contribution in [0.5, 0.6) is 0 Å². The summed E-state index contributed by atoms with van der Waals surface area (Å²) in [5.41, 5.74) is 2.03.